The normalized spacial score (nSPS) is 28.8. The molecule has 1 saturated heterocycles. The number of aliphatic hydroxyl groups is 1. The first kappa shape index (κ1) is 14.8. The van der Waals surface area contributed by atoms with E-state index >= 15 is 0 Å². The molecule has 0 amide bonds. The third kappa shape index (κ3) is 2.80. The number of ether oxygens (including phenoxy) is 2. The Labute approximate surface area is 126 Å². The van der Waals surface area contributed by atoms with Gasteiger partial charge in [0.1, 0.15) is 5.75 Å². The molecular formula is C17H25NO3. The first-order valence-electron chi connectivity index (χ1n) is 7.92. The Morgan fingerprint density at radius 2 is 2.24 bits per heavy atom. The second-order valence-electron chi connectivity index (χ2n) is 6.05. The van der Waals surface area contributed by atoms with Crippen LogP contribution in [-0.2, 0) is 17.6 Å². The van der Waals surface area contributed by atoms with Gasteiger partial charge in [-0.3, -0.25) is 4.90 Å². The Kier molecular flexibility index (Phi) is 4.48. The van der Waals surface area contributed by atoms with Crippen LogP contribution in [0.5, 0.6) is 5.75 Å². The molecule has 3 rings (SSSR count). The minimum absolute atomic E-state index is 0.0611. The molecule has 0 spiro atoms. The Balaban J connectivity index is 1.88. The largest absolute Gasteiger partial charge is 0.496 e. The lowest BCUT2D eigenvalue weighted by Gasteiger charge is -2.47. The minimum Gasteiger partial charge on any atom is -0.496 e. The third-order valence-electron chi connectivity index (χ3n) is 4.70. The van der Waals surface area contributed by atoms with Crippen molar-refractivity contribution in [1.82, 2.24) is 4.90 Å². The zero-order valence-corrected chi connectivity index (χ0v) is 12.9. The highest BCUT2D eigenvalue weighted by Gasteiger charge is 2.40. The van der Waals surface area contributed by atoms with E-state index in [-0.39, 0.29) is 18.8 Å². The van der Waals surface area contributed by atoms with Crippen LogP contribution >= 0.6 is 0 Å². The smallest absolute Gasteiger partial charge is 0.122 e. The van der Waals surface area contributed by atoms with Gasteiger partial charge >= 0.3 is 0 Å². The maximum atomic E-state index is 9.49. The van der Waals surface area contributed by atoms with E-state index in [4.69, 9.17) is 9.47 Å². The Morgan fingerprint density at radius 1 is 1.38 bits per heavy atom. The predicted octanol–water partition coefficient (Wildman–Crippen LogP) is 1.63. The molecule has 0 radical (unpaired) electrons. The number of benzene rings is 1. The number of nitrogens with zero attached hydrogens (tertiary/aromatic N) is 1. The molecule has 1 fully saturated rings. The molecule has 0 aromatic heterocycles. The lowest BCUT2D eigenvalue weighted by Crippen LogP contribution is -2.58. The van der Waals surface area contributed by atoms with Crippen molar-refractivity contribution in [1.29, 1.82) is 0 Å². The standard InChI is InChI=1S/C17H25NO3/c1-3-7-18-10-13(11-19)21-17-9-14-12(8-15(17)18)5-4-6-16(14)20-2/h4-6,13,15,17,19H,3,7-11H2,1-2H3/t13-,15-,17-/m0/s1. The average molecular weight is 291 g/mol. The van der Waals surface area contributed by atoms with Gasteiger partial charge in [0.2, 0.25) is 0 Å². The topological polar surface area (TPSA) is 41.9 Å². The molecule has 21 heavy (non-hydrogen) atoms. The molecule has 0 bridgehead atoms. The molecule has 1 aliphatic heterocycles. The van der Waals surface area contributed by atoms with Crippen LogP contribution < -0.4 is 4.74 Å². The van der Waals surface area contributed by atoms with Crippen molar-refractivity contribution in [3.63, 3.8) is 0 Å². The molecule has 1 heterocycles. The molecule has 4 nitrogen and oxygen atoms in total. The molecule has 1 aromatic rings. The van der Waals surface area contributed by atoms with Crippen LogP contribution in [0.25, 0.3) is 0 Å². The van der Waals surface area contributed by atoms with E-state index < -0.39 is 0 Å². The van der Waals surface area contributed by atoms with Crippen LogP contribution in [0.4, 0.5) is 0 Å². The van der Waals surface area contributed by atoms with Crippen molar-refractivity contribution in [3.8, 4) is 5.75 Å². The summed E-state index contributed by atoms with van der Waals surface area (Å²) in [7, 11) is 1.73. The fraction of sp³-hybridized carbons (Fsp3) is 0.647. The molecule has 116 valence electrons. The average Bonchev–Trinajstić information content (AvgIpc) is 2.52. The Morgan fingerprint density at radius 3 is 2.95 bits per heavy atom. The van der Waals surface area contributed by atoms with Gasteiger partial charge in [-0.2, -0.15) is 0 Å². The van der Waals surface area contributed by atoms with Gasteiger partial charge in [-0.1, -0.05) is 19.1 Å². The second kappa shape index (κ2) is 6.34. The number of morpholine rings is 1. The van der Waals surface area contributed by atoms with Gasteiger partial charge in [-0.15, -0.1) is 0 Å². The molecule has 0 saturated carbocycles. The zero-order valence-electron chi connectivity index (χ0n) is 12.9. The zero-order chi connectivity index (χ0) is 14.8. The Hall–Kier alpha value is -1.10. The molecule has 2 aliphatic rings. The van der Waals surface area contributed by atoms with Crippen molar-refractivity contribution in [2.45, 2.75) is 44.4 Å². The van der Waals surface area contributed by atoms with Crippen molar-refractivity contribution in [2.24, 2.45) is 0 Å². The van der Waals surface area contributed by atoms with Gasteiger partial charge in [0.05, 0.1) is 25.9 Å². The second-order valence-corrected chi connectivity index (χ2v) is 6.05. The highest BCUT2D eigenvalue weighted by atomic mass is 16.5. The lowest BCUT2D eigenvalue weighted by atomic mass is 9.83. The third-order valence-corrected chi connectivity index (χ3v) is 4.70. The van der Waals surface area contributed by atoms with Gasteiger partial charge in [0.15, 0.2) is 0 Å². The van der Waals surface area contributed by atoms with E-state index in [1.165, 1.54) is 11.1 Å². The summed E-state index contributed by atoms with van der Waals surface area (Å²) in [6.45, 7) is 4.21. The monoisotopic (exact) mass is 291 g/mol. The highest BCUT2D eigenvalue weighted by molar-refractivity contribution is 5.43. The lowest BCUT2D eigenvalue weighted by molar-refractivity contribution is -0.135. The first-order chi connectivity index (χ1) is 10.3. The minimum atomic E-state index is -0.0611. The fourth-order valence-corrected chi connectivity index (χ4v) is 3.75. The van der Waals surface area contributed by atoms with E-state index in [9.17, 15) is 5.11 Å². The van der Waals surface area contributed by atoms with E-state index in [0.29, 0.717) is 6.04 Å². The number of aliphatic hydroxyl groups excluding tert-OH is 1. The van der Waals surface area contributed by atoms with E-state index in [0.717, 1.165) is 38.1 Å². The summed E-state index contributed by atoms with van der Waals surface area (Å²) in [6, 6.07) is 6.72. The van der Waals surface area contributed by atoms with Crippen molar-refractivity contribution in [2.75, 3.05) is 26.8 Å². The summed E-state index contributed by atoms with van der Waals surface area (Å²) in [6.07, 6.45) is 3.11. The van der Waals surface area contributed by atoms with Crippen molar-refractivity contribution in [3.05, 3.63) is 29.3 Å². The molecule has 3 atom stereocenters. The fourth-order valence-electron chi connectivity index (χ4n) is 3.75. The molecular weight excluding hydrogens is 266 g/mol. The molecule has 1 aromatic carbocycles. The summed E-state index contributed by atoms with van der Waals surface area (Å²) in [5.41, 5.74) is 2.65. The van der Waals surface area contributed by atoms with E-state index in [1.54, 1.807) is 7.11 Å². The molecule has 0 unspecified atom stereocenters. The van der Waals surface area contributed by atoms with Gasteiger partial charge in [0, 0.05) is 19.0 Å². The van der Waals surface area contributed by atoms with Crippen molar-refractivity contribution < 1.29 is 14.6 Å². The van der Waals surface area contributed by atoms with Crippen LogP contribution in [0.1, 0.15) is 24.5 Å². The summed E-state index contributed by atoms with van der Waals surface area (Å²) >= 11 is 0. The quantitative estimate of drug-likeness (QED) is 0.915. The number of fused-ring (bicyclic) bond motifs is 2. The van der Waals surface area contributed by atoms with Crippen LogP contribution in [0.2, 0.25) is 0 Å². The Bertz CT molecular complexity index is 491. The first-order valence-corrected chi connectivity index (χ1v) is 7.92. The van der Waals surface area contributed by atoms with Gasteiger partial charge in [-0.05, 0) is 36.6 Å². The van der Waals surface area contributed by atoms with Crippen LogP contribution in [0.15, 0.2) is 18.2 Å². The van der Waals surface area contributed by atoms with Gasteiger partial charge in [-0.25, -0.2) is 0 Å². The summed E-state index contributed by atoms with van der Waals surface area (Å²) < 4.78 is 11.6. The van der Waals surface area contributed by atoms with E-state index in [1.807, 2.05) is 6.07 Å². The number of hydrogen-bond acceptors (Lipinski definition) is 4. The molecule has 4 heteroatoms. The maximum Gasteiger partial charge on any atom is 0.122 e. The SMILES string of the molecule is CCCN1C[C@@H](CO)O[C@H]2Cc3c(cccc3OC)C[C@@H]21. The molecule has 1 N–H and O–H groups in total. The van der Waals surface area contributed by atoms with E-state index in [2.05, 4.69) is 24.0 Å². The summed E-state index contributed by atoms with van der Waals surface area (Å²) in [4.78, 5) is 2.50. The van der Waals surface area contributed by atoms with Crippen molar-refractivity contribution >= 4 is 0 Å². The van der Waals surface area contributed by atoms with Gasteiger partial charge < -0.3 is 14.6 Å². The maximum absolute atomic E-state index is 9.49. The predicted molar refractivity (Wildman–Crippen MR) is 81.8 cm³/mol. The summed E-state index contributed by atoms with van der Waals surface area (Å²) in [5.74, 6) is 0.961. The summed E-state index contributed by atoms with van der Waals surface area (Å²) in [5, 5.41) is 9.49. The highest BCUT2D eigenvalue weighted by Crippen LogP contribution is 2.35. The number of rotatable bonds is 4. The molecule has 1 aliphatic carbocycles. The number of hydrogen-bond donors (Lipinski definition) is 1. The number of methoxy groups -OCH3 is 1. The van der Waals surface area contributed by atoms with Crippen LogP contribution in [-0.4, -0.2) is 55.1 Å². The van der Waals surface area contributed by atoms with Gasteiger partial charge in [0.25, 0.3) is 0 Å². The van der Waals surface area contributed by atoms with Crippen LogP contribution in [0.3, 0.4) is 0 Å². The van der Waals surface area contributed by atoms with Crippen LogP contribution in [0, 0.1) is 0 Å².